The Kier molecular flexibility index (Phi) is 4.95. The lowest BCUT2D eigenvalue weighted by molar-refractivity contribution is -0.153. The van der Waals surface area contributed by atoms with Crippen LogP contribution < -0.4 is 4.74 Å². The van der Waals surface area contributed by atoms with Crippen LogP contribution in [0.1, 0.15) is 44.5 Å². The van der Waals surface area contributed by atoms with Crippen molar-refractivity contribution < 1.29 is 33.4 Å². The first-order valence-electron chi connectivity index (χ1n) is 10.3. The second-order valence-electron chi connectivity index (χ2n) is 8.97. The topological polar surface area (TPSA) is 96.0 Å². The molecule has 0 saturated heterocycles. The van der Waals surface area contributed by atoms with Gasteiger partial charge in [0.15, 0.2) is 17.2 Å². The molecular formula is C25H24O7. The number of hydrogen-bond acceptors (Lipinski definition) is 7. The van der Waals surface area contributed by atoms with Crippen molar-refractivity contribution in [3.63, 3.8) is 0 Å². The van der Waals surface area contributed by atoms with Crippen molar-refractivity contribution in [2.24, 2.45) is 5.92 Å². The number of esters is 1. The maximum Gasteiger partial charge on any atom is 0.343 e. The van der Waals surface area contributed by atoms with Crippen LogP contribution in [0.4, 0.5) is 0 Å². The van der Waals surface area contributed by atoms with Crippen molar-refractivity contribution in [3.8, 4) is 5.75 Å². The molecule has 0 amide bonds. The van der Waals surface area contributed by atoms with Gasteiger partial charge in [-0.3, -0.25) is 14.4 Å². The highest BCUT2D eigenvalue weighted by molar-refractivity contribution is 6.29. The van der Waals surface area contributed by atoms with Crippen LogP contribution in [0.3, 0.4) is 0 Å². The number of rotatable bonds is 5. The third kappa shape index (κ3) is 3.28. The van der Waals surface area contributed by atoms with Gasteiger partial charge in [0.2, 0.25) is 5.78 Å². The number of hydrogen-bond donors (Lipinski definition) is 0. The molecular weight excluding hydrogens is 412 g/mol. The molecule has 0 bridgehead atoms. The fourth-order valence-electron chi connectivity index (χ4n) is 4.24. The van der Waals surface area contributed by atoms with E-state index in [-0.39, 0.29) is 11.1 Å². The minimum absolute atomic E-state index is 0.205. The van der Waals surface area contributed by atoms with E-state index in [0.29, 0.717) is 28.9 Å². The summed E-state index contributed by atoms with van der Waals surface area (Å²) in [6.07, 6.45) is 3.49. The zero-order chi connectivity index (χ0) is 23.4. The molecule has 2 atom stereocenters. The average molecular weight is 436 g/mol. The number of ether oxygens (including phenoxy) is 3. The van der Waals surface area contributed by atoms with Crippen LogP contribution in [0.15, 0.2) is 58.9 Å². The number of methoxy groups -OCH3 is 1. The summed E-state index contributed by atoms with van der Waals surface area (Å²) >= 11 is 0. The van der Waals surface area contributed by atoms with Gasteiger partial charge in [0.1, 0.15) is 16.9 Å². The van der Waals surface area contributed by atoms with E-state index in [2.05, 4.69) is 0 Å². The summed E-state index contributed by atoms with van der Waals surface area (Å²) < 4.78 is 16.1. The van der Waals surface area contributed by atoms with Gasteiger partial charge in [-0.2, -0.15) is 0 Å². The molecule has 2 heterocycles. The van der Waals surface area contributed by atoms with Crippen molar-refractivity contribution >= 4 is 23.3 Å². The minimum atomic E-state index is -1.62. The van der Waals surface area contributed by atoms with E-state index in [0.717, 1.165) is 0 Å². The first kappa shape index (κ1) is 21.7. The average Bonchev–Trinajstić information content (AvgIpc) is 3.02. The number of Topliss-reactive ketones (excluding diaryl/α,β-unsaturated/α-hetero) is 3. The largest absolute Gasteiger partial charge is 0.497 e. The lowest BCUT2D eigenvalue weighted by atomic mass is 9.74. The highest BCUT2D eigenvalue weighted by atomic mass is 16.6. The molecule has 4 rings (SSSR count). The maximum absolute atomic E-state index is 13.3. The van der Waals surface area contributed by atoms with Crippen molar-refractivity contribution in [3.05, 3.63) is 64.5 Å². The second kappa shape index (κ2) is 7.29. The van der Waals surface area contributed by atoms with E-state index in [1.807, 2.05) is 13.8 Å². The van der Waals surface area contributed by atoms with E-state index >= 15 is 0 Å². The first-order chi connectivity index (χ1) is 15.0. The fourth-order valence-corrected chi connectivity index (χ4v) is 4.24. The summed E-state index contributed by atoms with van der Waals surface area (Å²) in [7, 11) is 1.51. The summed E-state index contributed by atoms with van der Waals surface area (Å²) in [5.74, 6) is -2.99. The second-order valence-corrected chi connectivity index (χ2v) is 8.97. The normalized spacial score (nSPS) is 24.4. The highest BCUT2D eigenvalue weighted by Crippen LogP contribution is 2.46. The molecule has 0 aromatic heterocycles. The SMILES string of the molecule is COc1ccc(C(=O)C(C)C(=O)C2=C3C=C4CC(C)(C)OC=C4C(=O)[C@@]3(C)OC2=O)cc1. The lowest BCUT2D eigenvalue weighted by Gasteiger charge is -2.37. The van der Waals surface area contributed by atoms with Crippen molar-refractivity contribution in [1.29, 1.82) is 0 Å². The Labute approximate surface area is 185 Å². The Hall–Kier alpha value is -3.48. The third-order valence-corrected chi connectivity index (χ3v) is 6.15. The summed E-state index contributed by atoms with van der Waals surface area (Å²) in [5.41, 5.74) is -0.861. The van der Waals surface area contributed by atoms with Gasteiger partial charge in [-0.15, -0.1) is 0 Å². The molecule has 0 saturated carbocycles. The Balaban J connectivity index is 1.74. The molecule has 32 heavy (non-hydrogen) atoms. The van der Waals surface area contributed by atoms with Gasteiger partial charge in [0, 0.05) is 17.6 Å². The predicted molar refractivity (Wildman–Crippen MR) is 114 cm³/mol. The minimum Gasteiger partial charge on any atom is -0.497 e. The third-order valence-electron chi connectivity index (χ3n) is 6.15. The van der Waals surface area contributed by atoms with E-state index in [4.69, 9.17) is 14.2 Å². The van der Waals surface area contributed by atoms with Crippen LogP contribution in [0.25, 0.3) is 0 Å². The van der Waals surface area contributed by atoms with Gasteiger partial charge in [-0.25, -0.2) is 4.79 Å². The Morgan fingerprint density at radius 3 is 2.34 bits per heavy atom. The number of carbonyl (C=O) groups excluding carboxylic acids is 4. The quantitative estimate of drug-likeness (QED) is 0.302. The molecule has 3 aliphatic rings. The smallest absolute Gasteiger partial charge is 0.343 e. The number of ketones is 3. The molecule has 166 valence electrons. The molecule has 7 nitrogen and oxygen atoms in total. The Morgan fingerprint density at radius 1 is 1.06 bits per heavy atom. The highest BCUT2D eigenvalue weighted by Gasteiger charge is 2.55. The lowest BCUT2D eigenvalue weighted by Crippen LogP contribution is -2.43. The standard InChI is InChI=1S/C25H24O7/c1-13(20(26)14-6-8-16(30-5)9-7-14)21(27)19-18-10-15-11-24(2,3)31-12-17(15)22(28)25(18,4)32-23(19)29/h6-10,12-13H,11H2,1-5H3/t13?,25-/m0/s1. The molecule has 1 aromatic rings. The molecule has 0 radical (unpaired) electrons. The van der Waals surface area contributed by atoms with Crippen LogP contribution >= 0.6 is 0 Å². The van der Waals surface area contributed by atoms with Crippen LogP contribution in [-0.4, -0.2) is 41.6 Å². The Morgan fingerprint density at radius 2 is 1.72 bits per heavy atom. The van der Waals surface area contributed by atoms with Crippen LogP contribution in [0.2, 0.25) is 0 Å². The summed E-state index contributed by atoms with van der Waals surface area (Å²) in [6, 6.07) is 6.37. The van der Waals surface area contributed by atoms with Gasteiger partial charge in [0.25, 0.3) is 0 Å². The van der Waals surface area contributed by atoms with E-state index in [9.17, 15) is 19.2 Å². The molecule has 1 unspecified atom stereocenters. The monoisotopic (exact) mass is 436 g/mol. The summed E-state index contributed by atoms with van der Waals surface area (Å²) in [4.78, 5) is 52.2. The van der Waals surface area contributed by atoms with Crippen molar-refractivity contribution in [1.82, 2.24) is 0 Å². The zero-order valence-electron chi connectivity index (χ0n) is 18.6. The molecule has 1 aromatic carbocycles. The van der Waals surface area contributed by atoms with Crippen LogP contribution in [0.5, 0.6) is 5.75 Å². The molecule has 2 aliphatic heterocycles. The number of benzene rings is 1. The molecule has 0 spiro atoms. The van der Waals surface area contributed by atoms with Gasteiger partial charge in [-0.05, 0) is 63.6 Å². The first-order valence-corrected chi connectivity index (χ1v) is 10.3. The van der Waals surface area contributed by atoms with E-state index < -0.39 is 40.4 Å². The van der Waals surface area contributed by atoms with Crippen molar-refractivity contribution in [2.45, 2.75) is 45.3 Å². The molecule has 0 fully saturated rings. The fraction of sp³-hybridized carbons (Fsp3) is 0.360. The van der Waals surface area contributed by atoms with E-state index in [1.54, 1.807) is 30.3 Å². The summed E-state index contributed by atoms with van der Waals surface area (Å²) in [6.45, 7) is 6.68. The van der Waals surface area contributed by atoms with Crippen molar-refractivity contribution in [2.75, 3.05) is 7.11 Å². The Bertz CT molecular complexity index is 1150. The van der Waals surface area contributed by atoms with Gasteiger partial charge >= 0.3 is 5.97 Å². The molecule has 7 heteroatoms. The van der Waals surface area contributed by atoms with E-state index in [1.165, 1.54) is 27.2 Å². The molecule has 1 aliphatic carbocycles. The van der Waals surface area contributed by atoms with Gasteiger partial charge in [0.05, 0.1) is 24.9 Å². The maximum atomic E-state index is 13.3. The van der Waals surface area contributed by atoms with Gasteiger partial charge in [-0.1, -0.05) is 0 Å². The predicted octanol–water partition coefficient (Wildman–Crippen LogP) is 3.29. The van der Waals surface area contributed by atoms with Gasteiger partial charge < -0.3 is 14.2 Å². The zero-order valence-corrected chi connectivity index (χ0v) is 18.6. The van der Waals surface area contributed by atoms with Crippen LogP contribution in [-0.2, 0) is 23.9 Å². The summed E-state index contributed by atoms with van der Waals surface area (Å²) in [5, 5.41) is 0. The number of carbonyl (C=O) groups is 4. The number of fused-ring (bicyclic) bond motifs is 2. The molecule has 0 N–H and O–H groups in total. The van der Waals surface area contributed by atoms with Crippen LogP contribution in [0, 0.1) is 5.92 Å².